The van der Waals surface area contributed by atoms with E-state index in [1.165, 1.54) is 0 Å². The van der Waals surface area contributed by atoms with Gasteiger partial charge in [0, 0.05) is 18.9 Å². The molecule has 1 aliphatic rings. The van der Waals surface area contributed by atoms with Crippen LogP contribution < -0.4 is 15.4 Å². The molecule has 1 aromatic carbocycles. The lowest BCUT2D eigenvalue weighted by Gasteiger charge is -2.10. The Balaban J connectivity index is 1.61. The van der Waals surface area contributed by atoms with Crippen molar-refractivity contribution in [3.05, 3.63) is 53.9 Å². The van der Waals surface area contributed by atoms with Crippen molar-refractivity contribution in [1.82, 2.24) is 10.3 Å². The van der Waals surface area contributed by atoms with E-state index in [1.54, 1.807) is 24.5 Å². The largest absolute Gasteiger partial charge is 0.491 e. The SMILES string of the molecule is O=C(Cc1ccc2c(c1)NC(=O)CCO2)NCc1ccncc1. The maximum atomic E-state index is 12.0. The molecular weight excluding hydrogens is 294 g/mol. The summed E-state index contributed by atoms with van der Waals surface area (Å²) in [5.74, 6) is 0.475. The standard InChI is InChI=1S/C17H17N3O3/c21-16-5-8-23-15-2-1-13(9-14(15)20-16)10-17(22)19-11-12-3-6-18-7-4-12/h1-4,6-7,9H,5,8,10-11H2,(H,19,22)(H,20,21). The number of aromatic nitrogens is 1. The van der Waals surface area contributed by atoms with Crippen LogP contribution in [0.15, 0.2) is 42.7 Å². The van der Waals surface area contributed by atoms with E-state index in [1.807, 2.05) is 18.2 Å². The third kappa shape index (κ3) is 4.06. The molecule has 0 bridgehead atoms. The van der Waals surface area contributed by atoms with Gasteiger partial charge < -0.3 is 15.4 Å². The van der Waals surface area contributed by atoms with E-state index in [0.29, 0.717) is 31.0 Å². The molecule has 2 amide bonds. The number of carbonyl (C=O) groups is 2. The summed E-state index contributed by atoms with van der Waals surface area (Å²) in [5.41, 5.74) is 2.43. The Morgan fingerprint density at radius 3 is 2.87 bits per heavy atom. The minimum Gasteiger partial charge on any atom is -0.491 e. The van der Waals surface area contributed by atoms with E-state index in [-0.39, 0.29) is 18.2 Å². The second kappa shape index (κ2) is 6.91. The van der Waals surface area contributed by atoms with Crippen molar-refractivity contribution >= 4 is 17.5 Å². The average molecular weight is 311 g/mol. The van der Waals surface area contributed by atoms with E-state index in [4.69, 9.17) is 4.74 Å². The number of amides is 2. The number of nitrogens with one attached hydrogen (secondary N) is 2. The summed E-state index contributed by atoms with van der Waals surface area (Å²) in [6.45, 7) is 0.830. The molecule has 6 heteroatoms. The first-order chi connectivity index (χ1) is 11.2. The predicted octanol–water partition coefficient (Wildman–Crippen LogP) is 1.66. The molecule has 0 aliphatic carbocycles. The number of anilines is 1. The monoisotopic (exact) mass is 311 g/mol. The van der Waals surface area contributed by atoms with Gasteiger partial charge in [-0.3, -0.25) is 14.6 Å². The summed E-state index contributed by atoms with van der Waals surface area (Å²) in [4.78, 5) is 27.5. The molecule has 0 spiro atoms. The van der Waals surface area contributed by atoms with Gasteiger partial charge in [-0.05, 0) is 35.4 Å². The third-order valence-corrected chi connectivity index (χ3v) is 3.51. The van der Waals surface area contributed by atoms with Crippen LogP contribution in [0.2, 0.25) is 0 Å². The first kappa shape index (κ1) is 15.0. The Hall–Kier alpha value is -2.89. The number of benzene rings is 1. The highest BCUT2D eigenvalue weighted by atomic mass is 16.5. The summed E-state index contributed by atoms with van der Waals surface area (Å²) < 4.78 is 5.49. The van der Waals surface area contributed by atoms with Crippen LogP contribution in [0, 0.1) is 0 Å². The highest BCUT2D eigenvalue weighted by Gasteiger charge is 2.14. The maximum absolute atomic E-state index is 12.0. The number of carbonyl (C=O) groups excluding carboxylic acids is 2. The molecule has 0 fully saturated rings. The van der Waals surface area contributed by atoms with Crippen LogP contribution in [0.1, 0.15) is 17.5 Å². The van der Waals surface area contributed by atoms with Crippen LogP contribution in [0.3, 0.4) is 0 Å². The summed E-state index contributed by atoms with van der Waals surface area (Å²) in [6, 6.07) is 9.12. The number of pyridine rings is 1. The molecule has 2 heterocycles. The molecule has 118 valence electrons. The molecule has 0 atom stereocenters. The lowest BCUT2D eigenvalue weighted by atomic mass is 10.1. The number of nitrogens with zero attached hydrogens (tertiary/aromatic N) is 1. The van der Waals surface area contributed by atoms with Gasteiger partial charge in [0.05, 0.1) is 25.1 Å². The summed E-state index contributed by atoms with van der Waals surface area (Å²) in [7, 11) is 0. The first-order valence-electron chi connectivity index (χ1n) is 7.42. The normalized spacial score (nSPS) is 13.3. The lowest BCUT2D eigenvalue weighted by Crippen LogP contribution is -2.24. The van der Waals surface area contributed by atoms with Crippen molar-refractivity contribution in [2.75, 3.05) is 11.9 Å². The average Bonchev–Trinajstić information content (AvgIpc) is 2.74. The van der Waals surface area contributed by atoms with Gasteiger partial charge in [0.25, 0.3) is 0 Å². The molecule has 23 heavy (non-hydrogen) atoms. The quantitative estimate of drug-likeness (QED) is 0.900. The Bertz CT molecular complexity index is 716. The molecule has 0 unspecified atom stereocenters. The first-order valence-corrected chi connectivity index (χ1v) is 7.42. The van der Waals surface area contributed by atoms with Crippen LogP contribution >= 0.6 is 0 Å². The van der Waals surface area contributed by atoms with E-state index in [2.05, 4.69) is 15.6 Å². The van der Waals surface area contributed by atoms with Crippen molar-refractivity contribution in [2.24, 2.45) is 0 Å². The van der Waals surface area contributed by atoms with Crippen LogP contribution in [0.4, 0.5) is 5.69 Å². The molecule has 0 radical (unpaired) electrons. The molecule has 1 aromatic heterocycles. The molecule has 3 rings (SSSR count). The molecule has 2 aromatic rings. The fraction of sp³-hybridized carbons (Fsp3) is 0.235. The van der Waals surface area contributed by atoms with Gasteiger partial charge in [0.1, 0.15) is 5.75 Å². The van der Waals surface area contributed by atoms with E-state index < -0.39 is 0 Å². The predicted molar refractivity (Wildman–Crippen MR) is 85.0 cm³/mol. The number of fused-ring (bicyclic) bond motifs is 1. The minimum atomic E-state index is -0.0809. The van der Waals surface area contributed by atoms with Crippen LogP contribution in [0.5, 0.6) is 5.75 Å². The van der Waals surface area contributed by atoms with E-state index in [0.717, 1.165) is 11.1 Å². The number of hydrogen-bond donors (Lipinski definition) is 2. The number of ether oxygens (including phenoxy) is 1. The molecule has 1 aliphatic heterocycles. The van der Waals surface area contributed by atoms with Crippen LogP contribution in [0.25, 0.3) is 0 Å². The fourth-order valence-corrected chi connectivity index (χ4v) is 2.33. The molecule has 0 saturated carbocycles. The highest BCUT2D eigenvalue weighted by molar-refractivity contribution is 5.93. The third-order valence-electron chi connectivity index (χ3n) is 3.51. The molecular formula is C17H17N3O3. The Morgan fingerprint density at radius 2 is 2.04 bits per heavy atom. The molecule has 0 saturated heterocycles. The van der Waals surface area contributed by atoms with Gasteiger partial charge in [-0.25, -0.2) is 0 Å². The second-order valence-corrected chi connectivity index (χ2v) is 5.29. The van der Waals surface area contributed by atoms with Crippen molar-refractivity contribution < 1.29 is 14.3 Å². The minimum absolute atomic E-state index is 0.0805. The van der Waals surface area contributed by atoms with E-state index >= 15 is 0 Å². The zero-order chi connectivity index (χ0) is 16.1. The van der Waals surface area contributed by atoms with Gasteiger partial charge in [0.15, 0.2) is 0 Å². The molecule has 2 N–H and O–H groups in total. The Labute approximate surface area is 133 Å². The smallest absolute Gasteiger partial charge is 0.227 e. The highest BCUT2D eigenvalue weighted by Crippen LogP contribution is 2.28. The van der Waals surface area contributed by atoms with Gasteiger partial charge >= 0.3 is 0 Å². The molecule has 6 nitrogen and oxygen atoms in total. The van der Waals surface area contributed by atoms with Gasteiger partial charge in [-0.2, -0.15) is 0 Å². The van der Waals surface area contributed by atoms with Crippen molar-refractivity contribution in [3.63, 3.8) is 0 Å². The van der Waals surface area contributed by atoms with Crippen molar-refractivity contribution in [1.29, 1.82) is 0 Å². The van der Waals surface area contributed by atoms with E-state index in [9.17, 15) is 9.59 Å². The maximum Gasteiger partial charge on any atom is 0.227 e. The summed E-state index contributed by atoms with van der Waals surface area (Å²) >= 11 is 0. The summed E-state index contributed by atoms with van der Waals surface area (Å²) in [6.07, 6.45) is 3.96. The second-order valence-electron chi connectivity index (χ2n) is 5.29. The van der Waals surface area contributed by atoms with Gasteiger partial charge in [0.2, 0.25) is 11.8 Å². The fourth-order valence-electron chi connectivity index (χ4n) is 2.33. The van der Waals surface area contributed by atoms with Gasteiger partial charge in [-0.1, -0.05) is 6.07 Å². The van der Waals surface area contributed by atoms with Gasteiger partial charge in [-0.15, -0.1) is 0 Å². The Morgan fingerprint density at radius 1 is 1.22 bits per heavy atom. The lowest BCUT2D eigenvalue weighted by molar-refractivity contribution is -0.120. The number of hydrogen-bond acceptors (Lipinski definition) is 4. The summed E-state index contributed by atoms with van der Waals surface area (Å²) in [5, 5.41) is 5.65. The van der Waals surface area contributed by atoms with Crippen molar-refractivity contribution in [3.8, 4) is 5.75 Å². The zero-order valence-corrected chi connectivity index (χ0v) is 12.5. The van der Waals surface area contributed by atoms with Crippen molar-refractivity contribution in [2.45, 2.75) is 19.4 Å². The topological polar surface area (TPSA) is 80.3 Å². The van der Waals surface area contributed by atoms with Crippen LogP contribution in [-0.2, 0) is 22.6 Å². The number of rotatable bonds is 4. The van der Waals surface area contributed by atoms with Crippen LogP contribution in [-0.4, -0.2) is 23.4 Å². The Kier molecular flexibility index (Phi) is 4.52. The zero-order valence-electron chi connectivity index (χ0n) is 12.5.